The van der Waals surface area contributed by atoms with Crippen molar-refractivity contribution in [2.45, 2.75) is 123 Å². The van der Waals surface area contributed by atoms with E-state index in [2.05, 4.69) is 6.92 Å². The summed E-state index contributed by atoms with van der Waals surface area (Å²) in [5, 5.41) is 9.99. The van der Waals surface area contributed by atoms with Gasteiger partial charge in [0.05, 0.1) is 12.7 Å². The fourth-order valence-corrected chi connectivity index (χ4v) is 2.95. The summed E-state index contributed by atoms with van der Waals surface area (Å²) in [6.45, 7) is 4.81. The molecule has 0 saturated carbocycles. The van der Waals surface area contributed by atoms with Crippen molar-refractivity contribution < 1.29 is 14.6 Å². The molecule has 24 heavy (non-hydrogen) atoms. The Bertz CT molecular complexity index is 266. The molecule has 0 aromatic carbocycles. The van der Waals surface area contributed by atoms with E-state index >= 15 is 0 Å². The van der Waals surface area contributed by atoms with E-state index in [1.165, 1.54) is 44.9 Å². The van der Waals surface area contributed by atoms with Crippen molar-refractivity contribution in [2.24, 2.45) is 0 Å². The Morgan fingerprint density at radius 3 is 1.79 bits per heavy atom. The molecule has 0 aromatic rings. The number of aliphatic hydroxyl groups is 1. The summed E-state index contributed by atoms with van der Waals surface area (Å²) in [6, 6.07) is 0. The molecule has 0 spiro atoms. The molecule has 0 bridgehead atoms. The van der Waals surface area contributed by atoms with Crippen LogP contribution in [0.15, 0.2) is 0 Å². The SMILES string of the molecule is CCCCCCCCCC(O)CCCCCCCC(=O)OCCC. The van der Waals surface area contributed by atoms with Crippen LogP contribution in [0.2, 0.25) is 0 Å². The van der Waals surface area contributed by atoms with Crippen molar-refractivity contribution in [3.63, 3.8) is 0 Å². The van der Waals surface area contributed by atoms with Crippen LogP contribution in [0.3, 0.4) is 0 Å². The quantitative estimate of drug-likeness (QED) is 0.239. The van der Waals surface area contributed by atoms with E-state index < -0.39 is 0 Å². The lowest BCUT2D eigenvalue weighted by Crippen LogP contribution is -2.06. The van der Waals surface area contributed by atoms with Crippen molar-refractivity contribution in [3.8, 4) is 0 Å². The van der Waals surface area contributed by atoms with Gasteiger partial charge < -0.3 is 9.84 Å². The summed E-state index contributed by atoms with van der Waals surface area (Å²) in [5.41, 5.74) is 0. The molecule has 1 unspecified atom stereocenters. The molecular weight excluding hydrogens is 300 g/mol. The van der Waals surface area contributed by atoms with E-state index in [4.69, 9.17) is 4.74 Å². The molecule has 1 N–H and O–H groups in total. The fraction of sp³-hybridized carbons (Fsp3) is 0.952. The van der Waals surface area contributed by atoms with Crippen molar-refractivity contribution >= 4 is 5.97 Å². The number of rotatable bonds is 18. The third-order valence-corrected chi connectivity index (χ3v) is 4.53. The maximum absolute atomic E-state index is 11.3. The molecule has 0 aliphatic carbocycles. The second-order valence-electron chi connectivity index (χ2n) is 7.09. The van der Waals surface area contributed by atoms with Gasteiger partial charge in [0.15, 0.2) is 0 Å². The van der Waals surface area contributed by atoms with Crippen LogP contribution in [-0.4, -0.2) is 23.8 Å². The molecule has 0 aromatic heterocycles. The minimum atomic E-state index is -0.107. The Morgan fingerprint density at radius 2 is 1.25 bits per heavy atom. The second kappa shape index (κ2) is 18.8. The van der Waals surface area contributed by atoms with Crippen LogP contribution in [0.5, 0.6) is 0 Å². The van der Waals surface area contributed by atoms with Crippen LogP contribution in [0.1, 0.15) is 117 Å². The van der Waals surface area contributed by atoms with Crippen LogP contribution >= 0.6 is 0 Å². The van der Waals surface area contributed by atoms with E-state index in [1.807, 2.05) is 6.92 Å². The minimum Gasteiger partial charge on any atom is -0.466 e. The first-order valence-electron chi connectivity index (χ1n) is 10.5. The number of hydrogen-bond donors (Lipinski definition) is 1. The van der Waals surface area contributed by atoms with Crippen molar-refractivity contribution in [1.29, 1.82) is 0 Å². The molecule has 0 rings (SSSR count). The molecule has 3 nitrogen and oxygen atoms in total. The van der Waals surface area contributed by atoms with Crippen LogP contribution in [0.4, 0.5) is 0 Å². The van der Waals surface area contributed by atoms with Crippen LogP contribution < -0.4 is 0 Å². The predicted molar refractivity (Wildman–Crippen MR) is 102 cm³/mol. The smallest absolute Gasteiger partial charge is 0.305 e. The summed E-state index contributed by atoms with van der Waals surface area (Å²) < 4.78 is 5.05. The molecule has 0 fully saturated rings. The van der Waals surface area contributed by atoms with Crippen LogP contribution in [0, 0.1) is 0 Å². The number of esters is 1. The van der Waals surface area contributed by atoms with Crippen molar-refractivity contribution in [3.05, 3.63) is 0 Å². The van der Waals surface area contributed by atoms with Gasteiger partial charge in [-0.1, -0.05) is 84.5 Å². The second-order valence-corrected chi connectivity index (χ2v) is 7.09. The summed E-state index contributed by atoms with van der Waals surface area (Å²) in [5.74, 6) is -0.0537. The number of unbranched alkanes of at least 4 members (excludes halogenated alkanes) is 10. The van der Waals surface area contributed by atoms with E-state index in [1.54, 1.807) is 0 Å². The largest absolute Gasteiger partial charge is 0.466 e. The minimum absolute atomic E-state index is 0.0537. The van der Waals surface area contributed by atoms with Gasteiger partial charge in [-0.3, -0.25) is 4.79 Å². The van der Waals surface area contributed by atoms with Gasteiger partial charge in [-0.05, 0) is 25.7 Å². The van der Waals surface area contributed by atoms with Gasteiger partial charge >= 0.3 is 5.97 Å². The zero-order chi connectivity index (χ0) is 17.9. The first kappa shape index (κ1) is 23.4. The summed E-state index contributed by atoms with van der Waals surface area (Å²) in [6.07, 6.45) is 17.9. The normalized spacial score (nSPS) is 12.3. The molecule has 0 aliphatic heterocycles. The molecule has 0 radical (unpaired) electrons. The Hall–Kier alpha value is -0.570. The number of carbonyl (C=O) groups excluding carboxylic acids is 1. The zero-order valence-corrected chi connectivity index (χ0v) is 16.4. The average Bonchev–Trinajstić information content (AvgIpc) is 2.58. The monoisotopic (exact) mass is 342 g/mol. The lowest BCUT2D eigenvalue weighted by Gasteiger charge is -2.10. The molecule has 0 amide bonds. The average molecular weight is 343 g/mol. The first-order valence-corrected chi connectivity index (χ1v) is 10.5. The molecule has 3 heteroatoms. The highest BCUT2D eigenvalue weighted by atomic mass is 16.5. The maximum atomic E-state index is 11.3. The van der Waals surface area contributed by atoms with E-state index in [-0.39, 0.29) is 12.1 Å². The van der Waals surface area contributed by atoms with Crippen LogP contribution in [-0.2, 0) is 9.53 Å². The highest BCUT2D eigenvalue weighted by Gasteiger charge is 2.04. The van der Waals surface area contributed by atoms with Gasteiger partial charge in [-0.15, -0.1) is 0 Å². The predicted octanol–water partition coefficient (Wildman–Crippen LogP) is 6.17. The fourth-order valence-electron chi connectivity index (χ4n) is 2.95. The van der Waals surface area contributed by atoms with E-state index in [9.17, 15) is 9.90 Å². The maximum Gasteiger partial charge on any atom is 0.305 e. The van der Waals surface area contributed by atoms with Gasteiger partial charge in [-0.2, -0.15) is 0 Å². The Morgan fingerprint density at radius 1 is 0.750 bits per heavy atom. The number of hydrogen-bond acceptors (Lipinski definition) is 3. The summed E-state index contributed by atoms with van der Waals surface area (Å²) in [4.78, 5) is 11.3. The molecular formula is C21H42O3. The van der Waals surface area contributed by atoms with Gasteiger partial charge in [0.2, 0.25) is 0 Å². The lowest BCUT2D eigenvalue weighted by atomic mass is 10.0. The molecule has 1 atom stereocenters. The van der Waals surface area contributed by atoms with Crippen LogP contribution in [0.25, 0.3) is 0 Å². The van der Waals surface area contributed by atoms with Gasteiger partial charge in [0, 0.05) is 6.42 Å². The zero-order valence-electron chi connectivity index (χ0n) is 16.4. The highest BCUT2D eigenvalue weighted by Crippen LogP contribution is 2.14. The Kier molecular flexibility index (Phi) is 18.3. The summed E-state index contributed by atoms with van der Waals surface area (Å²) >= 11 is 0. The van der Waals surface area contributed by atoms with Gasteiger partial charge in [-0.25, -0.2) is 0 Å². The molecule has 0 saturated heterocycles. The summed E-state index contributed by atoms with van der Waals surface area (Å²) in [7, 11) is 0. The van der Waals surface area contributed by atoms with E-state index in [0.29, 0.717) is 13.0 Å². The van der Waals surface area contributed by atoms with Crippen molar-refractivity contribution in [1.82, 2.24) is 0 Å². The van der Waals surface area contributed by atoms with Gasteiger partial charge in [0.25, 0.3) is 0 Å². The first-order chi connectivity index (χ1) is 11.7. The number of ether oxygens (including phenoxy) is 1. The lowest BCUT2D eigenvalue weighted by molar-refractivity contribution is -0.143. The van der Waals surface area contributed by atoms with E-state index in [0.717, 1.165) is 51.4 Å². The highest BCUT2D eigenvalue weighted by molar-refractivity contribution is 5.69. The molecule has 144 valence electrons. The third kappa shape index (κ3) is 17.8. The number of carbonyl (C=O) groups is 1. The number of aliphatic hydroxyl groups excluding tert-OH is 1. The topological polar surface area (TPSA) is 46.5 Å². The molecule has 0 aliphatic rings. The standard InChI is InChI=1S/C21H42O3/c1-3-5-6-7-8-10-13-16-20(22)17-14-11-9-12-15-18-21(23)24-19-4-2/h20,22H,3-19H2,1-2H3. The van der Waals surface area contributed by atoms with Crippen molar-refractivity contribution in [2.75, 3.05) is 6.61 Å². The Balaban J connectivity index is 3.23. The Labute approximate surface area is 150 Å². The van der Waals surface area contributed by atoms with Gasteiger partial charge in [0.1, 0.15) is 0 Å². The molecule has 0 heterocycles. The third-order valence-electron chi connectivity index (χ3n) is 4.53.